The van der Waals surface area contributed by atoms with E-state index >= 15 is 0 Å². The first-order valence-electron chi connectivity index (χ1n) is 10.4. The molecular formula is C24H27N3O6S. The van der Waals surface area contributed by atoms with Gasteiger partial charge in [0.15, 0.2) is 0 Å². The van der Waals surface area contributed by atoms with Crippen molar-refractivity contribution in [2.75, 3.05) is 29.9 Å². The Kier molecular flexibility index (Phi) is 8.11. The number of phenolic OH excluding ortho intramolecular Hbond substituents is 1. The normalized spacial score (nSPS) is 13.0. The quantitative estimate of drug-likeness (QED) is 0.279. The van der Waals surface area contributed by atoms with Gasteiger partial charge >= 0.3 is 0 Å². The van der Waals surface area contributed by atoms with Crippen molar-refractivity contribution in [3.63, 3.8) is 0 Å². The first-order valence-corrected chi connectivity index (χ1v) is 12.3. The largest absolute Gasteiger partial charge is 0.506 e. The van der Waals surface area contributed by atoms with Crippen molar-refractivity contribution in [3.05, 3.63) is 83.9 Å². The molecule has 10 heteroatoms. The predicted molar refractivity (Wildman–Crippen MR) is 130 cm³/mol. The smallest absolute Gasteiger partial charge is 0.246 e. The van der Waals surface area contributed by atoms with Crippen LogP contribution in [0.4, 0.5) is 11.4 Å². The summed E-state index contributed by atoms with van der Waals surface area (Å²) < 4.78 is 30.4. The van der Waals surface area contributed by atoms with E-state index in [0.29, 0.717) is 22.6 Å². The standard InChI is InChI=1S/C24H27N3O6S/c1-33-19-11-8-16(9-12-19)23(24(30)26-18-6-4-3-5-7-18)25-15-22(29)17-10-13-21(28)20(14-17)27-34(2,31)32/h3-14,22-23,25,27-29H,15H2,1-2H3,(H,26,30)/t22-,23-/m0/s1. The molecule has 2 atom stereocenters. The van der Waals surface area contributed by atoms with Crippen LogP contribution in [0, 0.1) is 0 Å². The summed E-state index contributed by atoms with van der Waals surface area (Å²) in [4.78, 5) is 13.1. The molecule has 9 nitrogen and oxygen atoms in total. The number of methoxy groups -OCH3 is 1. The van der Waals surface area contributed by atoms with Crippen LogP contribution in [0.15, 0.2) is 72.8 Å². The maximum absolute atomic E-state index is 13.1. The zero-order valence-electron chi connectivity index (χ0n) is 18.7. The second-order valence-electron chi connectivity index (χ2n) is 7.64. The van der Waals surface area contributed by atoms with Crippen LogP contribution in [0.2, 0.25) is 0 Å². The number of benzene rings is 3. The number of aliphatic hydroxyl groups is 1. The number of carbonyl (C=O) groups is 1. The number of para-hydroxylation sites is 1. The molecule has 0 heterocycles. The minimum absolute atomic E-state index is 0.0258. The average Bonchev–Trinajstić information content (AvgIpc) is 2.80. The number of ether oxygens (including phenoxy) is 1. The predicted octanol–water partition coefficient (Wildman–Crippen LogP) is 2.78. The number of sulfonamides is 1. The summed E-state index contributed by atoms with van der Waals surface area (Å²) in [5.74, 6) is 0.0439. The summed E-state index contributed by atoms with van der Waals surface area (Å²) in [6, 6.07) is 19.3. The lowest BCUT2D eigenvalue weighted by atomic mass is 10.0. The molecule has 0 radical (unpaired) electrons. The van der Waals surface area contributed by atoms with E-state index in [0.717, 1.165) is 6.26 Å². The maximum atomic E-state index is 13.1. The zero-order chi connectivity index (χ0) is 24.7. The third-order valence-electron chi connectivity index (χ3n) is 4.97. The fraction of sp³-hybridized carbons (Fsp3) is 0.208. The van der Waals surface area contributed by atoms with Gasteiger partial charge in [0.2, 0.25) is 15.9 Å². The van der Waals surface area contributed by atoms with Crippen LogP contribution in [-0.4, -0.2) is 44.4 Å². The Morgan fingerprint density at radius 1 is 1.00 bits per heavy atom. The summed E-state index contributed by atoms with van der Waals surface area (Å²) >= 11 is 0. The molecule has 3 aromatic carbocycles. The van der Waals surface area contributed by atoms with Gasteiger partial charge in [-0.25, -0.2) is 8.42 Å². The molecule has 3 aromatic rings. The van der Waals surface area contributed by atoms with Gasteiger partial charge in [0.05, 0.1) is 25.2 Å². The molecule has 0 spiro atoms. The molecule has 1 amide bonds. The third-order valence-corrected chi connectivity index (χ3v) is 5.56. The molecule has 0 aliphatic heterocycles. The molecule has 0 unspecified atom stereocenters. The SMILES string of the molecule is COc1ccc([C@H](NC[C@H](O)c2ccc(O)c(NS(C)(=O)=O)c2)C(=O)Nc2ccccc2)cc1. The minimum atomic E-state index is -3.62. The molecular weight excluding hydrogens is 458 g/mol. The van der Waals surface area contributed by atoms with Crippen LogP contribution in [0.3, 0.4) is 0 Å². The van der Waals surface area contributed by atoms with Gasteiger partial charge < -0.3 is 20.3 Å². The van der Waals surface area contributed by atoms with Gasteiger partial charge in [0.25, 0.3) is 0 Å². The number of hydrogen-bond donors (Lipinski definition) is 5. The molecule has 3 rings (SSSR count). The number of amides is 1. The summed E-state index contributed by atoms with van der Waals surface area (Å²) in [6.45, 7) is -0.0258. The molecule has 0 bridgehead atoms. The Morgan fingerprint density at radius 3 is 2.26 bits per heavy atom. The van der Waals surface area contributed by atoms with Crippen LogP contribution in [0.5, 0.6) is 11.5 Å². The van der Waals surface area contributed by atoms with Crippen LogP contribution < -0.4 is 20.1 Å². The number of rotatable bonds is 10. The van der Waals surface area contributed by atoms with E-state index in [1.54, 1.807) is 43.5 Å². The fourth-order valence-electron chi connectivity index (χ4n) is 3.28. The minimum Gasteiger partial charge on any atom is -0.506 e. The van der Waals surface area contributed by atoms with E-state index in [9.17, 15) is 23.4 Å². The van der Waals surface area contributed by atoms with Gasteiger partial charge in [-0.15, -0.1) is 0 Å². The highest BCUT2D eigenvalue weighted by Crippen LogP contribution is 2.28. The lowest BCUT2D eigenvalue weighted by molar-refractivity contribution is -0.118. The Hall–Kier alpha value is -3.60. The summed E-state index contributed by atoms with van der Waals surface area (Å²) in [7, 11) is -2.07. The van der Waals surface area contributed by atoms with Gasteiger partial charge in [-0.2, -0.15) is 0 Å². The highest BCUT2D eigenvalue weighted by atomic mass is 32.2. The van der Waals surface area contributed by atoms with Gasteiger partial charge in [-0.1, -0.05) is 36.4 Å². The van der Waals surface area contributed by atoms with E-state index in [-0.39, 0.29) is 23.9 Å². The highest BCUT2D eigenvalue weighted by molar-refractivity contribution is 7.92. The van der Waals surface area contributed by atoms with Gasteiger partial charge in [0.1, 0.15) is 17.5 Å². The Bertz CT molecular complexity index is 1220. The van der Waals surface area contributed by atoms with Gasteiger partial charge in [-0.05, 0) is 47.5 Å². The topological polar surface area (TPSA) is 137 Å². The summed E-state index contributed by atoms with van der Waals surface area (Å²) in [5, 5.41) is 26.5. The average molecular weight is 486 g/mol. The van der Waals surface area contributed by atoms with Crippen molar-refractivity contribution < 1.29 is 28.2 Å². The number of carbonyl (C=O) groups excluding carboxylic acids is 1. The second-order valence-corrected chi connectivity index (χ2v) is 9.38. The molecule has 0 aliphatic rings. The van der Waals surface area contributed by atoms with E-state index < -0.39 is 22.2 Å². The van der Waals surface area contributed by atoms with E-state index in [1.165, 1.54) is 18.2 Å². The van der Waals surface area contributed by atoms with Crippen molar-refractivity contribution in [1.29, 1.82) is 0 Å². The molecule has 0 saturated heterocycles. The number of anilines is 2. The molecule has 0 aliphatic carbocycles. The van der Waals surface area contributed by atoms with E-state index in [2.05, 4.69) is 15.4 Å². The van der Waals surface area contributed by atoms with Crippen molar-refractivity contribution in [1.82, 2.24) is 5.32 Å². The molecule has 0 saturated carbocycles. The number of hydrogen-bond acceptors (Lipinski definition) is 7. The lowest BCUT2D eigenvalue weighted by Crippen LogP contribution is -2.35. The first kappa shape index (κ1) is 25.0. The second kappa shape index (κ2) is 11.0. The fourth-order valence-corrected chi connectivity index (χ4v) is 3.85. The van der Waals surface area contributed by atoms with Crippen molar-refractivity contribution in [3.8, 4) is 11.5 Å². The molecule has 34 heavy (non-hydrogen) atoms. The maximum Gasteiger partial charge on any atom is 0.246 e. The van der Waals surface area contributed by atoms with Gasteiger partial charge in [0, 0.05) is 12.2 Å². The van der Waals surface area contributed by atoms with Gasteiger partial charge in [-0.3, -0.25) is 14.8 Å². The van der Waals surface area contributed by atoms with Crippen LogP contribution >= 0.6 is 0 Å². The third kappa shape index (κ3) is 6.95. The summed E-state index contributed by atoms with van der Waals surface area (Å²) in [6.07, 6.45) is -0.131. The van der Waals surface area contributed by atoms with Crippen molar-refractivity contribution in [2.24, 2.45) is 0 Å². The number of aromatic hydroxyl groups is 1. The number of phenols is 1. The van der Waals surface area contributed by atoms with E-state index in [4.69, 9.17) is 4.74 Å². The lowest BCUT2D eigenvalue weighted by Gasteiger charge is -2.22. The van der Waals surface area contributed by atoms with Crippen LogP contribution in [0.25, 0.3) is 0 Å². The molecule has 0 aromatic heterocycles. The Morgan fingerprint density at radius 2 is 1.65 bits per heavy atom. The Labute approximate surface area is 198 Å². The van der Waals surface area contributed by atoms with E-state index in [1.807, 2.05) is 18.2 Å². The Balaban J connectivity index is 1.79. The molecule has 5 N–H and O–H groups in total. The monoisotopic (exact) mass is 485 g/mol. The first-order chi connectivity index (χ1) is 16.2. The number of aliphatic hydroxyl groups excluding tert-OH is 1. The van der Waals surface area contributed by atoms with Crippen LogP contribution in [0.1, 0.15) is 23.3 Å². The zero-order valence-corrected chi connectivity index (χ0v) is 19.5. The highest BCUT2D eigenvalue weighted by Gasteiger charge is 2.22. The number of nitrogens with one attached hydrogen (secondary N) is 3. The molecule has 0 fully saturated rings. The van der Waals surface area contributed by atoms with Crippen LogP contribution in [-0.2, 0) is 14.8 Å². The summed E-state index contributed by atoms with van der Waals surface area (Å²) in [5.41, 5.74) is 1.59. The molecule has 180 valence electrons. The van der Waals surface area contributed by atoms with Crippen molar-refractivity contribution >= 4 is 27.3 Å². The van der Waals surface area contributed by atoms with Crippen molar-refractivity contribution in [2.45, 2.75) is 12.1 Å².